The average Bonchev–Trinajstić information content (AvgIpc) is 3.21. The van der Waals surface area contributed by atoms with Gasteiger partial charge in [0.05, 0.1) is 25.3 Å². The number of hydrogen-bond acceptors (Lipinski definition) is 6. The van der Waals surface area contributed by atoms with Crippen molar-refractivity contribution in [3.05, 3.63) is 41.3 Å². The maximum atomic E-state index is 13.0. The molecule has 4 heterocycles. The molecule has 3 aromatic heterocycles. The summed E-state index contributed by atoms with van der Waals surface area (Å²) in [6.45, 7) is 0.938. The second-order valence-electron chi connectivity index (χ2n) is 7.22. The number of alkyl halides is 3. The van der Waals surface area contributed by atoms with Gasteiger partial charge in [0.1, 0.15) is 11.4 Å². The third-order valence-corrected chi connectivity index (χ3v) is 5.23. The number of fused-ring (bicyclic) bond motifs is 1. The Morgan fingerprint density at radius 3 is 2.68 bits per heavy atom. The van der Waals surface area contributed by atoms with Crippen molar-refractivity contribution in [3.8, 4) is 11.9 Å². The van der Waals surface area contributed by atoms with E-state index in [1.807, 2.05) is 0 Å². The van der Waals surface area contributed by atoms with Crippen molar-refractivity contribution in [2.24, 2.45) is 0 Å². The van der Waals surface area contributed by atoms with Gasteiger partial charge in [0, 0.05) is 30.8 Å². The molecule has 4 rings (SSSR count). The zero-order valence-electron chi connectivity index (χ0n) is 16.9. The summed E-state index contributed by atoms with van der Waals surface area (Å²) < 4.78 is 49.0. The number of aromatic nitrogens is 4. The molecule has 1 aliphatic rings. The molecule has 0 aromatic carbocycles. The molecule has 0 aliphatic carbocycles. The van der Waals surface area contributed by atoms with E-state index in [0.717, 1.165) is 24.6 Å². The number of hydrogen-bond donors (Lipinski definition) is 1. The molecule has 1 fully saturated rings. The monoisotopic (exact) mass is 435 g/mol. The van der Waals surface area contributed by atoms with E-state index in [0.29, 0.717) is 18.6 Å². The van der Waals surface area contributed by atoms with Gasteiger partial charge in [-0.25, -0.2) is 4.98 Å². The summed E-state index contributed by atoms with van der Waals surface area (Å²) in [5.74, 6) is -0.143. The van der Waals surface area contributed by atoms with E-state index in [9.17, 15) is 18.0 Å². The Labute approximate surface area is 175 Å². The number of ether oxygens (including phenoxy) is 2. The number of carbonyl (C=O) groups is 1. The fourth-order valence-corrected chi connectivity index (χ4v) is 3.69. The van der Waals surface area contributed by atoms with Gasteiger partial charge >= 0.3 is 12.2 Å². The smallest absolute Gasteiger partial charge is 0.433 e. The highest BCUT2D eigenvalue weighted by molar-refractivity contribution is 5.92. The van der Waals surface area contributed by atoms with E-state index >= 15 is 0 Å². The standard InChI is InChI=1S/C20H20F3N5O3/c1-30-17-9-15(26-19(27-17)31-2)18(29)28-7-3-4-11(10-28)13-8-14-12(24-13)5-6-16(25-14)20(21,22)23/h5-6,8-9,11,24H,3-4,7,10H2,1-2H3/t11-/m1/s1. The molecule has 11 heteroatoms. The van der Waals surface area contributed by atoms with Crippen LogP contribution in [0.4, 0.5) is 13.2 Å². The third-order valence-electron chi connectivity index (χ3n) is 5.23. The second kappa shape index (κ2) is 8.05. The third kappa shape index (κ3) is 4.25. The van der Waals surface area contributed by atoms with Gasteiger partial charge in [0.15, 0.2) is 0 Å². The molecule has 1 atom stereocenters. The number of nitrogens with zero attached hydrogens (tertiary/aromatic N) is 4. The highest BCUT2D eigenvalue weighted by Crippen LogP contribution is 2.32. The molecule has 1 amide bonds. The Balaban J connectivity index is 1.56. The molecular formula is C20H20F3N5O3. The second-order valence-corrected chi connectivity index (χ2v) is 7.22. The predicted octanol–water partition coefficient (Wildman–Crippen LogP) is 3.41. The maximum absolute atomic E-state index is 13.0. The first-order valence-electron chi connectivity index (χ1n) is 9.61. The first kappa shape index (κ1) is 20.9. The number of methoxy groups -OCH3 is 2. The van der Waals surface area contributed by atoms with Crippen LogP contribution in [-0.2, 0) is 6.18 Å². The lowest BCUT2D eigenvalue weighted by molar-refractivity contribution is -0.140. The highest BCUT2D eigenvalue weighted by Gasteiger charge is 2.33. The lowest BCUT2D eigenvalue weighted by Gasteiger charge is -2.32. The lowest BCUT2D eigenvalue weighted by atomic mass is 9.94. The number of H-pyrrole nitrogens is 1. The number of halogens is 3. The summed E-state index contributed by atoms with van der Waals surface area (Å²) in [6.07, 6.45) is -2.97. The number of piperidine rings is 1. The molecule has 0 saturated carbocycles. The number of carbonyl (C=O) groups excluding carboxylic acids is 1. The van der Waals surface area contributed by atoms with Gasteiger partial charge in [-0.1, -0.05) is 0 Å². The van der Waals surface area contributed by atoms with Crippen molar-refractivity contribution in [2.45, 2.75) is 24.9 Å². The van der Waals surface area contributed by atoms with Crippen LogP contribution in [0.2, 0.25) is 0 Å². The van der Waals surface area contributed by atoms with Crippen molar-refractivity contribution in [1.29, 1.82) is 0 Å². The van der Waals surface area contributed by atoms with Crippen LogP contribution >= 0.6 is 0 Å². The van der Waals surface area contributed by atoms with E-state index in [-0.39, 0.29) is 34.9 Å². The molecule has 8 nitrogen and oxygen atoms in total. The Morgan fingerprint density at radius 2 is 1.97 bits per heavy atom. The first-order valence-corrected chi connectivity index (χ1v) is 9.61. The summed E-state index contributed by atoms with van der Waals surface area (Å²) >= 11 is 0. The summed E-state index contributed by atoms with van der Waals surface area (Å²) in [5.41, 5.74) is 0.739. The van der Waals surface area contributed by atoms with Crippen LogP contribution < -0.4 is 9.47 Å². The van der Waals surface area contributed by atoms with E-state index in [1.54, 1.807) is 11.0 Å². The molecule has 0 bridgehead atoms. The van der Waals surface area contributed by atoms with Gasteiger partial charge < -0.3 is 19.4 Å². The largest absolute Gasteiger partial charge is 0.481 e. The van der Waals surface area contributed by atoms with Crippen molar-refractivity contribution in [1.82, 2.24) is 24.8 Å². The summed E-state index contributed by atoms with van der Waals surface area (Å²) in [7, 11) is 2.83. The Hall–Kier alpha value is -3.37. The number of pyridine rings is 1. The molecule has 0 spiro atoms. The van der Waals surface area contributed by atoms with Crippen molar-refractivity contribution in [3.63, 3.8) is 0 Å². The average molecular weight is 435 g/mol. The zero-order valence-corrected chi connectivity index (χ0v) is 16.9. The van der Waals surface area contributed by atoms with E-state index in [1.165, 1.54) is 26.4 Å². The lowest BCUT2D eigenvalue weighted by Crippen LogP contribution is -2.39. The fraction of sp³-hybridized carbons (Fsp3) is 0.400. The van der Waals surface area contributed by atoms with Gasteiger partial charge in [0.25, 0.3) is 5.91 Å². The topological polar surface area (TPSA) is 93.2 Å². The minimum Gasteiger partial charge on any atom is -0.481 e. The molecule has 0 radical (unpaired) electrons. The highest BCUT2D eigenvalue weighted by atomic mass is 19.4. The molecular weight excluding hydrogens is 415 g/mol. The quantitative estimate of drug-likeness (QED) is 0.675. The number of likely N-dealkylation sites (tertiary alicyclic amines) is 1. The Morgan fingerprint density at radius 1 is 1.16 bits per heavy atom. The van der Waals surface area contributed by atoms with E-state index in [4.69, 9.17) is 9.47 Å². The molecule has 1 N–H and O–H groups in total. The predicted molar refractivity (Wildman–Crippen MR) is 104 cm³/mol. The van der Waals surface area contributed by atoms with Crippen LogP contribution in [-0.4, -0.2) is 58.1 Å². The normalized spacial score (nSPS) is 17.1. The molecule has 0 unspecified atom stereocenters. The van der Waals surface area contributed by atoms with Crippen molar-refractivity contribution in [2.75, 3.05) is 27.3 Å². The number of aromatic amines is 1. The van der Waals surface area contributed by atoms with Crippen LogP contribution in [0.5, 0.6) is 11.9 Å². The number of amides is 1. The van der Waals surface area contributed by atoms with Gasteiger partial charge in [-0.05, 0) is 31.0 Å². The first-order chi connectivity index (χ1) is 14.8. The maximum Gasteiger partial charge on any atom is 0.433 e. The van der Waals surface area contributed by atoms with Gasteiger partial charge in [0.2, 0.25) is 5.88 Å². The molecule has 164 valence electrons. The van der Waals surface area contributed by atoms with Crippen molar-refractivity contribution < 1.29 is 27.4 Å². The van der Waals surface area contributed by atoms with Gasteiger partial charge in [-0.2, -0.15) is 23.1 Å². The molecule has 1 saturated heterocycles. The minimum absolute atomic E-state index is 0.0263. The van der Waals surface area contributed by atoms with E-state index < -0.39 is 11.9 Å². The summed E-state index contributed by atoms with van der Waals surface area (Å²) in [4.78, 5) is 29.6. The van der Waals surface area contributed by atoms with E-state index in [2.05, 4.69) is 19.9 Å². The van der Waals surface area contributed by atoms with Crippen LogP contribution in [0, 0.1) is 0 Å². The van der Waals surface area contributed by atoms with Gasteiger partial charge in [-0.15, -0.1) is 0 Å². The number of rotatable bonds is 4. The van der Waals surface area contributed by atoms with Gasteiger partial charge in [-0.3, -0.25) is 4.79 Å². The summed E-state index contributed by atoms with van der Waals surface area (Å²) in [5, 5.41) is 0. The molecule has 1 aliphatic heterocycles. The van der Waals surface area contributed by atoms with Crippen LogP contribution in [0.25, 0.3) is 11.0 Å². The SMILES string of the molecule is COc1cc(C(=O)N2CCC[C@@H](c3cc4nc(C(F)(F)F)ccc4[nH]3)C2)nc(OC)n1. The Bertz CT molecular complexity index is 1090. The zero-order chi connectivity index (χ0) is 22.2. The molecule has 31 heavy (non-hydrogen) atoms. The number of nitrogens with one attached hydrogen (secondary N) is 1. The Kier molecular flexibility index (Phi) is 5.42. The summed E-state index contributed by atoms with van der Waals surface area (Å²) in [6, 6.07) is 5.42. The van der Waals surface area contributed by atoms with Crippen LogP contribution in [0.1, 0.15) is 40.6 Å². The minimum atomic E-state index is -4.50. The molecule has 3 aromatic rings. The fourth-order valence-electron chi connectivity index (χ4n) is 3.69. The van der Waals surface area contributed by atoms with Crippen molar-refractivity contribution >= 4 is 16.9 Å². The van der Waals surface area contributed by atoms with Crippen LogP contribution in [0.15, 0.2) is 24.3 Å². The van der Waals surface area contributed by atoms with Crippen LogP contribution in [0.3, 0.4) is 0 Å².